The van der Waals surface area contributed by atoms with E-state index in [9.17, 15) is 4.39 Å². The summed E-state index contributed by atoms with van der Waals surface area (Å²) in [6, 6.07) is 6.53. The minimum atomic E-state index is -0.285. The van der Waals surface area contributed by atoms with Gasteiger partial charge in [-0.2, -0.15) is 0 Å². The van der Waals surface area contributed by atoms with E-state index in [1.165, 1.54) is 6.07 Å². The quantitative estimate of drug-likeness (QED) is 0.856. The van der Waals surface area contributed by atoms with Gasteiger partial charge in [-0.1, -0.05) is 12.1 Å². The molecular weight excluding hydrogens is 207 g/mol. The van der Waals surface area contributed by atoms with Crippen LogP contribution in [-0.2, 0) is 13.5 Å². The number of benzene rings is 1. The number of halogens is 1. The van der Waals surface area contributed by atoms with E-state index >= 15 is 0 Å². The zero-order valence-corrected chi connectivity index (χ0v) is 9.02. The molecule has 0 unspecified atom stereocenters. The van der Waals surface area contributed by atoms with E-state index in [0.717, 1.165) is 5.69 Å². The van der Waals surface area contributed by atoms with Gasteiger partial charge in [-0.25, -0.2) is 9.37 Å². The second kappa shape index (κ2) is 4.45. The maximum Gasteiger partial charge on any atom is 0.142 e. The number of rotatable bonds is 3. The van der Waals surface area contributed by atoms with Crippen molar-refractivity contribution in [1.82, 2.24) is 9.55 Å². The van der Waals surface area contributed by atoms with Crippen LogP contribution in [-0.4, -0.2) is 21.3 Å². The van der Waals surface area contributed by atoms with E-state index in [4.69, 9.17) is 5.11 Å². The van der Waals surface area contributed by atoms with E-state index in [1.54, 1.807) is 29.0 Å². The zero-order valence-electron chi connectivity index (χ0n) is 9.02. The predicted octanol–water partition coefficient (Wildman–Crippen LogP) is 1.76. The molecule has 0 saturated carbocycles. The van der Waals surface area contributed by atoms with Crippen molar-refractivity contribution in [2.75, 3.05) is 6.61 Å². The Labute approximate surface area is 93.2 Å². The van der Waals surface area contributed by atoms with Crippen molar-refractivity contribution in [2.45, 2.75) is 6.42 Å². The highest BCUT2D eigenvalue weighted by Gasteiger charge is 2.11. The van der Waals surface area contributed by atoms with E-state index < -0.39 is 0 Å². The van der Waals surface area contributed by atoms with Crippen LogP contribution in [0.25, 0.3) is 11.4 Å². The first kappa shape index (κ1) is 10.8. The Balaban J connectivity index is 2.45. The molecule has 1 heterocycles. The van der Waals surface area contributed by atoms with Gasteiger partial charge in [0.05, 0.1) is 5.56 Å². The van der Waals surface area contributed by atoms with E-state index in [2.05, 4.69) is 4.98 Å². The normalized spacial score (nSPS) is 10.7. The summed E-state index contributed by atoms with van der Waals surface area (Å²) in [6.07, 6.45) is 2.19. The maximum absolute atomic E-state index is 13.5. The molecule has 4 heteroatoms. The largest absolute Gasteiger partial charge is 0.396 e. The standard InChI is InChI=1S/C12H13FN2O/c1-15-9(6-7-16)8-14-12(15)10-4-2-3-5-11(10)13/h2-5,8,16H,6-7H2,1H3. The molecule has 1 N–H and O–H groups in total. The van der Waals surface area contributed by atoms with Crippen LogP contribution in [0.3, 0.4) is 0 Å². The Morgan fingerprint density at radius 1 is 1.38 bits per heavy atom. The van der Waals surface area contributed by atoms with Crippen molar-refractivity contribution >= 4 is 0 Å². The number of hydrogen-bond acceptors (Lipinski definition) is 2. The average molecular weight is 220 g/mol. The Bertz CT molecular complexity index is 494. The van der Waals surface area contributed by atoms with Gasteiger partial charge in [0, 0.05) is 32.0 Å². The molecule has 2 aromatic rings. The van der Waals surface area contributed by atoms with Crippen LogP contribution in [0.2, 0.25) is 0 Å². The number of imidazole rings is 1. The molecule has 1 aromatic carbocycles. The maximum atomic E-state index is 13.5. The molecule has 3 nitrogen and oxygen atoms in total. The summed E-state index contributed by atoms with van der Waals surface area (Å²) in [6.45, 7) is 0.0657. The summed E-state index contributed by atoms with van der Waals surface area (Å²) < 4.78 is 15.3. The van der Waals surface area contributed by atoms with Gasteiger partial charge >= 0.3 is 0 Å². The first-order valence-corrected chi connectivity index (χ1v) is 5.10. The molecule has 0 atom stereocenters. The van der Waals surface area contributed by atoms with Crippen molar-refractivity contribution in [2.24, 2.45) is 7.05 Å². The summed E-state index contributed by atoms with van der Waals surface area (Å²) >= 11 is 0. The molecular formula is C12H13FN2O. The zero-order chi connectivity index (χ0) is 11.5. The van der Waals surface area contributed by atoms with Gasteiger partial charge in [0.1, 0.15) is 11.6 Å². The predicted molar refractivity (Wildman–Crippen MR) is 59.4 cm³/mol. The Morgan fingerprint density at radius 3 is 2.81 bits per heavy atom. The molecule has 0 amide bonds. The second-order valence-electron chi connectivity index (χ2n) is 3.59. The highest BCUT2D eigenvalue weighted by atomic mass is 19.1. The van der Waals surface area contributed by atoms with Gasteiger partial charge in [-0.3, -0.25) is 0 Å². The first-order chi connectivity index (χ1) is 7.74. The molecule has 0 radical (unpaired) electrons. The van der Waals surface area contributed by atoms with Crippen molar-refractivity contribution in [3.8, 4) is 11.4 Å². The molecule has 0 aliphatic heterocycles. The summed E-state index contributed by atoms with van der Waals surface area (Å²) in [5.74, 6) is 0.299. The van der Waals surface area contributed by atoms with Gasteiger partial charge in [0.2, 0.25) is 0 Å². The van der Waals surface area contributed by atoms with E-state index in [1.807, 2.05) is 7.05 Å². The first-order valence-electron chi connectivity index (χ1n) is 5.10. The SMILES string of the molecule is Cn1c(CCO)cnc1-c1ccccc1F. The number of aromatic nitrogens is 2. The molecule has 16 heavy (non-hydrogen) atoms. The summed E-state index contributed by atoms with van der Waals surface area (Å²) in [5, 5.41) is 8.86. The summed E-state index contributed by atoms with van der Waals surface area (Å²) in [5.41, 5.74) is 1.37. The monoisotopic (exact) mass is 220 g/mol. The van der Waals surface area contributed by atoms with Crippen LogP contribution in [0.1, 0.15) is 5.69 Å². The van der Waals surface area contributed by atoms with Crippen LogP contribution in [0, 0.1) is 5.82 Å². The molecule has 0 aliphatic rings. The average Bonchev–Trinajstić information content (AvgIpc) is 2.62. The van der Waals surface area contributed by atoms with Crippen LogP contribution < -0.4 is 0 Å². The van der Waals surface area contributed by atoms with Crippen LogP contribution in [0.4, 0.5) is 4.39 Å². The van der Waals surface area contributed by atoms with Crippen LogP contribution >= 0.6 is 0 Å². The fourth-order valence-corrected chi connectivity index (χ4v) is 1.68. The van der Waals surface area contributed by atoms with Gasteiger partial charge in [0.15, 0.2) is 0 Å². The lowest BCUT2D eigenvalue weighted by atomic mass is 10.2. The van der Waals surface area contributed by atoms with Crippen LogP contribution in [0.5, 0.6) is 0 Å². The fourth-order valence-electron chi connectivity index (χ4n) is 1.68. The minimum Gasteiger partial charge on any atom is -0.396 e. The lowest BCUT2D eigenvalue weighted by Gasteiger charge is -2.05. The molecule has 0 fully saturated rings. The number of aliphatic hydroxyl groups is 1. The molecule has 0 aliphatic carbocycles. The third-order valence-electron chi connectivity index (χ3n) is 2.57. The minimum absolute atomic E-state index is 0.0657. The van der Waals surface area contributed by atoms with Gasteiger partial charge in [-0.05, 0) is 12.1 Å². The topological polar surface area (TPSA) is 38.0 Å². The van der Waals surface area contributed by atoms with Crippen molar-refractivity contribution < 1.29 is 9.50 Å². The molecule has 0 bridgehead atoms. The summed E-state index contributed by atoms with van der Waals surface area (Å²) in [7, 11) is 1.82. The van der Waals surface area contributed by atoms with Crippen molar-refractivity contribution in [1.29, 1.82) is 0 Å². The highest BCUT2D eigenvalue weighted by Crippen LogP contribution is 2.21. The number of aliphatic hydroxyl groups excluding tert-OH is 1. The van der Waals surface area contributed by atoms with Gasteiger partial charge in [-0.15, -0.1) is 0 Å². The lowest BCUT2D eigenvalue weighted by Crippen LogP contribution is -2.01. The highest BCUT2D eigenvalue weighted by molar-refractivity contribution is 5.56. The smallest absolute Gasteiger partial charge is 0.142 e. The third-order valence-corrected chi connectivity index (χ3v) is 2.57. The molecule has 0 spiro atoms. The van der Waals surface area contributed by atoms with E-state index in [-0.39, 0.29) is 12.4 Å². The lowest BCUT2D eigenvalue weighted by molar-refractivity contribution is 0.297. The fraction of sp³-hybridized carbons (Fsp3) is 0.250. The molecule has 0 saturated heterocycles. The van der Waals surface area contributed by atoms with Gasteiger partial charge < -0.3 is 9.67 Å². The Kier molecular flexibility index (Phi) is 3.01. The van der Waals surface area contributed by atoms with Gasteiger partial charge in [0.25, 0.3) is 0 Å². The third kappa shape index (κ3) is 1.84. The van der Waals surface area contributed by atoms with Crippen molar-refractivity contribution in [3.05, 3.63) is 42.0 Å². The molecule has 1 aromatic heterocycles. The van der Waals surface area contributed by atoms with Crippen LogP contribution in [0.15, 0.2) is 30.5 Å². The molecule has 84 valence electrons. The second-order valence-corrected chi connectivity index (χ2v) is 3.59. The Morgan fingerprint density at radius 2 is 2.12 bits per heavy atom. The molecule has 2 rings (SSSR count). The summed E-state index contributed by atoms with van der Waals surface area (Å²) in [4.78, 5) is 4.18. The number of nitrogens with zero attached hydrogens (tertiary/aromatic N) is 2. The number of hydrogen-bond donors (Lipinski definition) is 1. The van der Waals surface area contributed by atoms with Crippen molar-refractivity contribution in [3.63, 3.8) is 0 Å². The van der Waals surface area contributed by atoms with E-state index in [0.29, 0.717) is 17.8 Å². The Hall–Kier alpha value is -1.68.